The Labute approximate surface area is 307 Å². The van der Waals surface area contributed by atoms with Gasteiger partial charge in [0.2, 0.25) is 0 Å². The molecule has 4 heteroatoms. The number of fused-ring (bicyclic) bond motifs is 4. The fourth-order valence-electron chi connectivity index (χ4n) is 7.56. The number of nitrogens with zero attached hydrogens (tertiary/aromatic N) is 4. The van der Waals surface area contributed by atoms with Crippen molar-refractivity contribution >= 4 is 32.6 Å². The third kappa shape index (κ3) is 5.45. The van der Waals surface area contributed by atoms with E-state index in [1.807, 2.05) is 60.7 Å². The van der Waals surface area contributed by atoms with Crippen LogP contribution >= 0.6 is 0 Å². The molecule has 0 saturated heterocycles. The number of rotatable bonds is 6. The minimum Gasteiger partial charge on any atom is -0.309 e. The summed E-state index contributed by atoms with van der Waals surface area (Å²) in [6, 6.07) is 68.2. The van der Waals surface area contributed by atoms with Gasteiger partial charge in [0.25, 0.3) is 0 Å². The Hall–Kier alpha value is -7.17. The second-order valence-electron chi connectivity index (χ2n) is 13.3. The van der Waals surface area contributed by atoms with Crippen LogP contribution in [0.4, 0.5) is 0 Å². The fourth-order valence-corrected chi connectivity index (χ4v) is 7.56. The Kier molecular flexibility index (Phi) is 7.43. The second-order valence-corrected chi connectivity index (χ2v) is 13.3. The van der Waals surface area contributed by atoms with Crippen molar-refractivity contribution in [2.75, 3.05) is 0 Å². The minimum atomic E-state index is 0.635. The Morgan fingerprint density at radius 3 is 1.36 bits per heavy atom. The largest absolute Gasteiger partial charge is 0.309 e. The molecule has 2 aromatic heterocycles. The quantitative estimate of drug-likeness (QED) is 0.176. The van der Waals surface area contributed by atoms with Crippen LogP contribution in [-0.4, -0.2) is 19.5 Å². The zero-order valence-corrected chi connectivity index (χ0v) is 28.8. The SMILES string of the molecule is c1ccc(-c2nc(-c3ccccc3)nc(-c3cccc(-c4cccc5c4c4c(-c6ccccc6)cccc4n5-c4ccc5ccccc5c4)c3)n2)cc1. The third-order valence-corrected chi connectivity index (χ3v) is 10.0. The van der Waals surface area contributed by atoms with Gasteiger partial charge in [-0.25, -0.2) is 15.0 Å². The molecule has 0 bridgehead atoms. The Morgan fingerprint density at radius 1 is 0.302 bits per heavy atom. The summed E-state index contributed by atoms with van der Waals surface area (Å²) in [5.74, 6) is 1.93. The van der Waals surface area contributed by atoms with E-state index in [1.54, 1.807) is 0 Å². The zero-order chi connectivity index (χ0) is 35.1. The predicted molar refractivity (Wildman–Crippen MR) is 219 cm³/mol. The van der Waals surface area contributed by atoms with Crippen LogP contribution in [-0.2, 0) is 0 Å². The van der Waals surface area contributed by atoms with Crippen LogP contribution in [0.3, 0.4) is 0 Å². The lowest BCUT2D eigenvalue weighted by atomic mass is 9.94. The summed E-state index contributed by atoms with van der Waals surface area (Å²) in [7, 11) is 0. The van der Waals surface area contributed by atoms with Gasteiger partial charge >= 0.3 is 0 Å². The fraction of sp³-hybridized carbons (Fsp3) is 0. The molecule has 0 radical (unpaired) electrons. The Bertz CT molecular complexity index is 2870. The van der Waals surface area contributed by atoms with E-state index in [1.165, 1.54) is 32.7 Å². The molecular formula is C49H32N4. The van der Waals surface area contributed by atoms with E-state index in [-0.39, 0.29) is 0 Å². The maximum Gasteiger partial charge on any atom is 0.164 e. The summed E-state index contributed by atoms with van der Waals surface area (Å²) >= 11 is 0. The molecule has 53 heavy (non-hydrogen) atoms. The summed E-state index contributed by atoms with van der Waals surface area (Å²) in [5.41, 5.74) is 10.9. The number of hydrogen-bond acceptors (Lipinski definition) is 3. The lowest BCUT2D eigenvalue weighted by Crippen LogP contribution is -2.00. The van der Waals surface area contributed by atoms with Gasteiger partial charge in [0.1, 0.15) is 0 Å². The zero-order valence-electron chi connectivity index (χ0n) is 28.8. The van der Waals surface area contributed by atoms with Crippen molar-refractivity contribution in [3.8, 4) is 62.1 Å². The number of hydrogen-bond donors (Lipinski definition) is 0. The molecule has 4 nitrogen and oxygen atoms in total. The first-order valence-electron chi connectivity index (χ1n) is 17.9. The average Bonchev–Trinajstić information content (AvgIpc) is 3.59. The summed E-state index contributed by atoms with van der Waals surface area (Å²) in [6.45, 7) is 0. The summed E-state index contributed by atoms with van der Waals surface area (Å²) in [4.78, 5) is 15.0. The molecule has 10 rings (SSSR count). The van der Waals surface area contributed by atoms with Crippen molar-refractivity contribution < 1.29 is 0 Å². The molecule has 0 spiro atoms. The number of aromatic nitrogens is 4. The van der Waals surface area contributed by atoms with Gasteiger partial charge in [-0.2, -0.15) is 0 Å². The van der Waals surface area contributed by atoms with Crippen LogP contribution in [0, 0.1) is 0 Å². The van der Waals surface area contributed by atoms with Crippen LogP contribution in [0.15, 0.2) is 194 Å². The third-order valence-electron chi connectivity index (χ3n) is 10.0. The van der Waals surface area contributed by atoms with Crippen LogP contribution in [0.5, 0.6) is 0 Å². The van der Waals surface area contributed by atoms with Crippen LogP contribution in [0.25, 0.3) is 94.7 Å². The average molecular weight is 677 g/mol. The Morgan fingerprint density at radius 2 is 0.755 bits per heavy atom. The minimum absolute atomic E-state index is 0.635. The van der Waals surface area contributed by atoms with Gasteiger partial charge in [0.05, 0.1) is 11.0 Å². The molecule has 248 valence electrons. The highest BCUT2D eigenvalue weighted by atomic mass is 15.0. The van der Waals surface area contributed by atoms with Gasteiger partial charge in [-0.05, 0) is 63.4 Å². The first-order chi connectivity index (χ1) is 26.3. The molecule has 0 saturated carbocycles. The first-order valence-corrected chi connectivity index (χ1v) is 17.9. The Balaban J connectivity index is 1.22. The van der Waals surface area contributed by atoms with Gasteiger partial charge in [0.15, 0.2) is 17.5 Å². The lowest BCUT2D eigenvalue weighted by molar-refractivity contribution is 1.07. The molecular weight excluding hydrogens is 645 g/mol. The molecule has 0 N–H and O–H groups in total. The summed E-state index contributed by atoms with van der Waals surface area (Å²) < 4.78 is 2.42. The van der Waals surface area contributed by atoms with Crippen molar-refractivity contribution in [3.63, 3.8) is 0 Å². The van der Waals surface area contributed by atoms with Gasteiger partial charge in [0, 0.05) is 33.2 Å². The molecule has 0 aliphatic heterocycles. The molecule has 10 aromatic rings. The van der Waals surface area contributed by atoms with E-state index in [9.17, 15) is 0 Å². The van der Waals surface area contributed by atoms with Crippen molar-refractivity contribution in [1.29, 1.82) is 0 Å². The predicted octanol–water partition coefficient (Wildman–Crippen LogP) is 12.5. The highest BCUT2D eigenvalue weighted by Gasteiger charge is 2.20. The molecule has 0 fully saturated rings. The first kappa shape index (κ1) is 30.6. The lowest BCUT2D eigenvalue weighted by Gasteiger charge is -2.11. The highest BCUT2D eigenvalue weighted by Crippen LogP contribution is 2.43. The maximum atomic E-state index is 5.04. The molecule has 0 amide bonds. The van der Waals surface area contributed by atoms with E-state index in [0.29, 0.717) is 17.5 Å². The highest BCUT2D eigenvalue weighted by molar-refractivity contribution is 6.20. The van der Waals surface area contributed by atoms with Crippen molar-refractivity contribution in [1.82, 2.24) is 19.5 Å². The van der Waals surface area contributed by atoms with E-state index in [0.717, 1.165) is 44.5 Å². The van der Waals surface area contributed by atoms with E-state index in [2.05, 4.69) is 138 Å². The summed E-state index contributed by atoms with van der Waals surface area (Å²) in [5, 5.41) is 4.87. The normalized spacial score (nSPS) is 11.4. The van der Waals surface area contributed by atoms with E-state index >= 15 is 0 Å². The van der Waals surface area contributed by atoms with Gasteiger partial charge in [-0.3, -0.25) is 0 Å². The second kappa shape index (κ2) is 12.9. The summed E-state index contributed by atoms with van der Waals surface area (Å²) in [6.07, 6.45) is 0. The molecule has 2 heterocycles. The van der Waals surface area contributed by atoms with E-state index in [4.69, 9.17) is 15.0 Å². The van der Waals surface area contributed by atoms with E-state index < -0.39 is 0 Å². The van der Waals surface area contributed by atoms with Crippen molar-refractivity contribution in [2.45, 2.75) is 0 Å². The monoisotopic (exact) mass is 676 g/mol. The number of benzene rings is 8. The van der Waals surface area contributed by atoms with Crippen LogP contribution in [0.2, 0.25) is 0 Å². The smallest absolute Gasteiger partial charge is 0.164 e. The standard InChI is InChI=1S/C49H32N4/c1-4-16-34(17-5-1)41-25-13-27-43-45(41)46-42(26-14-28-44(46)53(43)40-30-29-33-15-10-11-22-37(33)32-40)38-23-12-24-39(31-38)49-51-47(35-18-6-2-7-19-35)50-48(52-49)36-20-8-3-9-21-36/h1-32H. The van der Waals surface area contributed by atoms with Crippen LogP contribution in [0.1, 0.15) is 0 Å². The van der Waals surface area contributed by atoms with Gasteiger partial charge in [-0.15, -0.1) is 0 Å². The van der Waals surface area contributed by atoms with Gasteiger partial charge < -0.3 is 4.57 Å². The molecule has 0 aliphatic rings. The van der Waals surface area contributed by atoms with Crippen LogP contribution < -0.4 is 0 Å². The molecule has 0 unspecified atom stereocenters. The molecule has 8 aromatic carbocycles. The van der Waals surface area contributed by atoms with Gasteiger partial charge in [-0.1, -0.05) is 164 Å². The van der Waals surface area contributed by atoms with Crippen molar-refractivity contribution in [3.05, 3.63) is 194 Å². The molecule has 0 atom stereocenters. The van der Waals surface area contributed by atoms with Crippen molar-refractivity contribution in [2.24, 2.45) is 0 Å². The topological polar surface area (TPSA) is 43.6 Å². The maximum absolute atomic E-state index is 5.04. The molecule has 0 aliphatic carbocycles.